The van der Waals surface area contributed by atoms with E-state index in [-0.39, 0.29) is 0 Å². The molecule has 2 heterocycles. The van der Waals surface area contributed by atoms with Crippen LogP contribution in [-0.4, -0.2) is 28.5 Å². The standard InChI is InChI=1S/C15H21N5/c1-5-16-14-9-15(19-12(3)18-14)20(4)10-13-8-6-7-11(2)17-13/h6-9H,5,10H2,1-4H3,(H,16,18,19). The van der Waals surface area contributed by atoms with Crippen LogP contribution in [0.25, 0.3) is 0 Å². The van der Waals surface area contributed by atoms with Crippen molar-refractivity contribution in [3.63, 3.8) is 0 Å². The van der Waals surface area contributed by atoms with Crippen molar-refractivity contribution in [1.82, 2.24) is 15.0 Å². The fourth-order valence-electron chi connectivity index (χ4n) is 2.03. The summed E-state index contributed by atoms with van der Waals surface area (Å²) < 4.78 is 0. The van der Waals surface area contributed by atoms with E-state index in [1.807, 2.05) is 45.2 Å². The van der Waals surface area contributed by atoms with Gasteiger partial charge >= 0.3 is 0 Å². The molecule has 0 saturated carbocycles. The van der Waals surface area contributed by atoms with Crippen LogP contribution in [0, 0.1) is 13.8 Å². The molecule has 0 aromatic carbocycles. The molecule has 106 valence electrons. The smallest absolute Gasteiger partial charge is 0.134 e. The highest BCUT2D eigenvalue weighted by molar-refractivity contribution is 5.49. The Labute approximate surface area is 120 Å². The number of anilines is 2. The van der Waals surface area contributed by atoms with Crippen molar-refractivity contribution in [3.8, 4) is 0 Å². The second-order valence-corrected chi connectivity index (χ2v) is 4.82. The van der Waals surface area contributed by atoms with Crippen LogP contribution in [0.15, 0.2) is 24.3 Å². The molecule has 2 aromatic rings. The van der Waals surface area contributed by atoms with Gasteiger partial charge in [0.1, 0.15) is 17.5 Å². The summed E-state index contributed by atoms with van der Waals surface area (Å²) in [7, 11) is 2.02. The summed E-state index contributed by atoms with van der Waals surface area (Å²) in [6, 6.07) is 8.03. The zero-order chi connectivity index (χ0) is 14.5. The van der Waals surface area contributed by atoms with Crippen LogP contribution < -0.4 is 10.2 Å². The Kier molecular flexibility index (Phi) is 4.50. The largest absolute Gasteiger partial charge is 0.370 e. The monoisotopic (exact) mass is 271 g/mol. The van der Waals surface area contributed by atoms with Crippen LogP contribution in [0.1, 0.15) is 24.1 Å². The van der Waals surface area contributed by atoms with Gasteiger partial charge in [-0.2, -0.15) is 0 Å². The second-order valence-electron chi connectivity index (χ2n) is 4.82. The fraction of sp³-hybridized carbons (Fsp3) is 0.400. The minimum absolute atomic E-state index is 0.726. The minimum Gasteiger partial charge on any atom is -0.370 e. The Morgan fingerprint density at radius 2 is 1.95 bits per heavy atom. The molecule has 20 heavy (non-hydrogen) atoms. The van der Waals surface area contributed by atoms with Crippen molar-refractivity contribution in [3.05, 3.63) is 41.5 Å². The van der Waals surface area contributed by atoms with E-state index in [1.165, 1.54) is 0 Å². The van der Waals surface area contributed by atoms with Gasteiger partial charge in [0.15, 0.2) is 0 Å². The molecule has 0 spiro atoms. The molecule has 0 fully saturated rings. The van der Waals surface area contributed by atoms with E-state index in [0.717, 1.165) is 41.9 Å². The van der Waals surface area contributed by atoms with Crippen molar-refractivity contribution < 1.29 is 0 Å². The van der Waals surface area contributed by atoms with Gasteiger partial charge < -0.3 is 10.2 Å². The average molecular weight is 271 g/mol. The van der Waals surface area contributed by atoms with Gasteiger partial charge in [0, 0.05) is 25.4 Å². The molecule has 0 bridgehead atoms. The van der Waals surface area contributed by atoms with Crippen LogP contribution >= 0.6 is 0 Å². The molecule has 0 radical (unpaired) electrons. The van der Waals surface area contributed by atoms with Crippen molar-refractivity contribution in [1.29, 1.82) is 0 Å². The minimum atomic E-state index is 0.726. The van der Waals surface area contributed by atoms with Crippen LogP contribution in [0.2, 0.25) is 0 Å². The van der Waals surface area contributed by atoms with Gasteiger partial charge in [-0.1, -0.05) is 6.07 Å². The predicted octanol–water partition coefficient (Wildman–Crippen LogP) is 2.56. The first kappa shape index (κ1) is 14.2. The molecule has 0 aliphatic heterocycles. The molecule has 5 heteroatoms. The molecule has 2 rings (SSSR count). The van der Waals surface area contributed by atoms with Gasteiger partial charge in [-0.3, -0.25) is 4.98 Å². The Bertz CT molecular complexity index is 582. The summed E-state index contributed by atoms with van der Waals surface area (Å²) in [4.78, 5) is 15.4. The summed E-state index contributed by atoms with van der Waals surface area (Å²) in [6.07, 6.45) is 0. The van der Waals surface area contributed by atoms with E-state index in [1.54, 1.807) is 0 Å². The summed E-state index contributed by atoms with van der Waals surface area (Å²) in [6.45, 7) is 7.53. The van der Waals surface area contributed by atoms with E-state index in [0.29, 0.717) is 0 Å². The highest BCUT2D eigenvalue weighted by atomic mass is 15.2. The summed E-state index contributed by atoms with van der Waals surface area (Å²) in [5, 5.41) is 3.22. The number of hydrogen-bond donors (Lipinski definition) is 1. The van der Waals surface area contributed by atoms with E-state index in [4.69, 9.17) is 0 Å². The van der Waals surface area contributed by atoms with Gasteiger partial charge in [-0.15, -0.1) is 0 Å². The van der Waals surface area contributed by atoms with Crippen molar-refractivity contribution >= 4 is 11.6 Å². The first-order valence-corrected chi connectivity index (χ1v) is 6.81. The Hall–Kier alpha value is -2.17. The van der Waals surface area contributed by atoms with Gasteiger partial charge in [-0.05, 0) is 32.9 Å². The topological polar surface area (TPSA) is 53.9 Å². The number of hydrogen-bond acceptors (Lipinski definition) is 5. The molecule has 5 nitrogen and oxygen atoms in total. The van der Waals surface area contributed by atoms with Crippen LogP contribution in [0.4, 0.5) is 11.6 Å². The number of nitrogens with one attached hydrogen (secondary N) is 1. The third-order valence-electron chi connectivity index (χ3n) is 2.92. The molecule has 0 atom stereocenters. The molecular weight excluding hydrogens is 250 g/mol. The number of aryl methyl sites for hydroxylation is 2. The summed E-state index contributed by atoms with van der Waals surface area (Å²) in [5.74, 6) is 2.53. The highest BCUT2D eigenvalue weighted by Gasteiger charge is 2.08. The molecule has 0 amide bonds. The van der Waals surface area contributed by atoms with Gasteiger partial charge in [0.25, 0.3) is 0 Å². The van der Waals surface area contributed by atoms with E-state index in [2.05, 4.69) is 32.1 Å². The Morgan fingerprint density at radius 1 is 1.15 bits per heavy atom. The van der Waals surface area contributed by atoms with Gasteiger partial charge in [-0.25, -0.2) is 9.97 Å². The SMILES string of the molecule is CCNc1cc(N(C)Cc2cccc(C)n2)nc(C)n1. The summed E-state index contributed by atoms with van der Waals surface area (Å²) >= 11 is 0. The molecule has 0 aliphatic carbocycles. The molecular formula is C15H21N5. The lowest BCUT2D eigenvalue weighted by atomic mass is 10.3. The lowest BCUT2D eigenvalue weighted by Gasteiger charge is -2.19. The zero-order valence-electron chi connectivity index (χ0n) is 12.5. The third-order valence-corrected chi connectivity index (χ3v) is 2.92. The van der Waals surface area contributed by atoms with Crippen LogP contribution in [0.5, 0.6) is 0 Å². The number of rotatable bonds is 5. The van der Waals surface area contributed by atoms with E-state index in [9.17, 15) is 0 Å². The van der Waals surface area contributed by atoms with Crippen LogP contribution in [0.3, 0.4) is 0 Å². The van der Waals surface area contributed by atoms with Crippen molar-refractivity contribution in [2.24, 2.45) is 0 Å². The molecule has 2 aromatic heterocycles. The Morgan fingerprint density at radius 3 is 2.65 bits per heavy atom. The maximum atomic E-state index is 4.52. The molecule has 0 aliphatic rings. The number of aromatic nitrogens is 3. The lowest BCUT2D eigenvalue weighted by molar-refractivity contribution is 0.847. The van der Waals surface area contributed by atoms with E-state index < -0.39 is 0 Å². The average Bonchev–Trinajstić information content (AvgIpc) is 2.38. The lowest BCUT2D eigenvalue weighted by Crippen LogP contribution is -2.19. The van der Waals surface area contributed by atoms with Crippen molar-refractivity contribution in [2.45, 2.75) is 27.3 Å². The predicted molar refractivity (Wildman–Crippen MR) is 82.0 cm³/mol. The molecule has 0 unspecified atom stereocenters. The number of pyridine rings is 1. The first-order valence-electron chi connectivity index (χ1n) is 6.81. The molecule has 1 N–H and O–H groups in total. The van der Waals surface area contributed by atoms with Crippen LogP contribution in [-0.2, 0) is 6.54 Å². The Balaban J connectivity index is 2.18. The van der Waals surface area contributed by atoms with Gasteiger partial charge in [0.2, 0.25) is 0 Å². The first-order chi connectivity index (χ1) is 9.58. The van der Waals surface area contributed by atoms with Gasteiger partial charge in [0.05, 0.1) is 12.2 Å². The highest BCUT2D eigenvalue weighted by Crippen LogP contribution is 2.16. The third kappa shape index (κ3) is 3.66. The summed E-state index contributed by atoms with van der Waals surface area (Å²) in [5.41, 5.74) is 2.07. The molecule has 0 saturated heterocycles. The normalized spacial score (nSPS) is 10.4. The number of nitrogens with zero attached hydrogens (tertiary/aromatic N) is 4. The van der Waals surface area contributed by atoms with Crippen molar-refractivity contribution in [2.75, 3.05) is 23.8 Å². The maximum Gasteiger partial charge on any atom is 0.134 e. The quantitative estimate of drug-likeness (QED) is 0.905. The zero-order valence-corrected chi connectivity index (χ0v) is 12.5. The second kappa shape index (κ2) is 6.32. The maximum absolute atomic E-state index is 4.52. The fourth-order valence-corrected chi connectivity index (χ4v) is 2.03. The van der Waals surface area contributed by atoms with E-state index >= 15 is 0 Å².